The van der Waals surface area contributed by atoms with Crippen molar-refractivity contribution in [3.8, 4) is 0 Å². The Morgan fingerprint density at radius 1 is 1.16 bits per heavy atom. The molecule has 0 atom stereocenters. The van der Waals surface area contributed by atoms with Crippen molar-refractivity contribution in [1.29, 1.82) is 5.41 Å². The number of nitrogens with zero attached hydrogens (tertiary/aromatic N) is 2. The Kier molecular flexibility index (Phi) is 8.44. The number of carbonyl (C=O) groups is 2. The van der Waals surface area contributed by atoms with Gasteiger partial charge >= 0.3 is 5.97 Å². The van der Waals surface area contributed by atoms with E-state index in [9.17, 15) is 14.0 Å². The van der Waals surface area contributed by atoms with E-state index in [1.165, 1.54) is 0 Å². The standard InChI is InChI=1S/C23H33FN4O4/c1-16(29)27-9-5-17(6-10-27)14-31-19-7-11-28(12-8-19)20-4-2-3-18(23(20)24)15-32-22(30)13-21(25)26/h2-4,17,19H,5-15H2,1H3,(H3,25,26). The zero-order chi connectivity index (χ0) is 23.1. The predicted octanol–water partition coefficient (Wildman–Crippen LogP) is 2.44. The maximum absolute atomic E-state index is 15.0. The molecule has 3 N–H and O–H groups in total. The third-order valence-electron chi connectivity index (χ3n) is 6.19. The van der Waals surface area contributed by atoms with Crippen LogP contribution in [0.25, 0.3) is 0 Å². The van der Waals surface area contributed by atoms with Crippen molar-refractivity contribution >= 4 is 23.4 Å². The lowest BCUT2D eigenvalue weighted by Crippen LogP contribution is -2.40. The molecular weight excluding hydrogens is 415 g/mol. The maximum atomic E-state index is 15.0. The van der Waals surface area contributed by atoms with Crippen LogP contribution < -0.4 is 10.6 Å². The third kappa shape index (κ3) is 6.66. The topological polar surface area (TPSA) is 109 Å². The van der Waals surface area contributed by atoms with Gasteiger partial charge in [-0.3, -0.25) is 15.0 Å². The average molecular weight is 449 g/mol. The summed E-state index contributed by atoms with van der Waals surface area (Å²) in [6.07, 6.45) is 3.47. The molecule has 176 valence electrons. The number of halogens is 1. The van der Waals surface area contributed by atoms with Crippen molar-refractivity contribution in [2.24, 2.45) is 11.7 Å². The van der Waals surface area contributed by atoms with Gasteiger partial charge in [-0.2, -0.15) is 0 Å². The Bertz CT molecular complexity index is 818. The van der Waals surface area contributed by atoms with E-state index in [0.717, 1.165) is 38.8 Å². The van der Waals surface area contributed by atoms with Gasteiger partial charge in [-0.15, -0.1) is 0 Å². The van der Waals surface area contributed by atoms with E-state index in [1.54, 1.807) is 25.1 Å². The normalized spacial score (nSPS) is 17.9. The number of likely N-dealkylation sites (tertiary alicyclic amines) is 1. The zero-order valence-corrected chi connectivity index (χ0v) is 18.6. The number of nitrogens with two attached hydrogens (primary N) is 1. The lowest BCUT2D eigenvalue weighted by atomic mass is 9.97. The number of nitrogens with one attached hydrogen (secondary N) is 1. The van der Waals surface area contributed by atoms with E-state index in [-0.39, 0.29) is 36.7 Å². The molecule has 0 bridgehead atoms. The van der Waals surface area contributed by atoms with Gasteiger partial charge < -0.3 is 25.0 Å². The molecule has 2 aliphatic heterocycles. The second-order valence-electron chi connectivity index (χ2n) is 8.58. The van der Waals surface area contributed by atoms with Crippen LogP contribution >= 0.6 is 0 Å². The number of carbonyl (C=O) groups excluding carboxylic acids is 2. The molecule has 2 heterocycles. The minimum Gasteiger partial charge on any atom is -0.460 e. The number of amidine groups is 1. The minimum absolute atomic E-state index is 0.141. The minimum atomic E-state index is -0.646. The molecule has 9 heteroatoms. The van der Waals surface area contributed by atoms with Crippen LogP contribution in [0.1, 0.15) is 44.6 Å². The van der Waals surface area contributed by atoms with Crippen molar-refractivity contribution < 1.29 is 23.5 Å². The Labute approximate surface area is 188 Å². The number of ether oxygens (including phenoxy) is 2. The highest BCUT2D eigenvalue weighted by Gasteiger charge is 2.25. The Balaban J connectivity index is 1.44. The van der Waals surface area contributed by atoms with Gasteiger partial charge in [-0.05, 0) is 37.7 Å². The fourth-order valence-electron chi connectivity index (χ4n) is 4.24. The summed E-state index contributed by atoms with van der Waals surface area (Å²) in [5.74, 6) is -0.687. The molecular formula is C23H33FN4O4. The van der Waals surface area contributed by atoms with Gasteiger partial charge in [-0.25, -0.2) is 4.39 Å². The smallest absolute Gasteiger partial charge is 0.313 e. The molecule has 2 saturated heterocycles. The Morgan fingerprint density at radius 2 is 1.84 bits per heavy atom. The fourth-order valence-corrected chi connectivity index (χ4v) is 4.24. The molecule has 1 aromatic rings. The summed E-state index contributed by atoms with van der Waals surface area (Å²) < 4.78 is 26.2. The lowest BCUT2D eigenvalue weighted by Gasteiger charge is -2.36. The van der Waals surface area contributed by atoms with Gasteiger partial charge in [0.15, 0.2) is 5.82 Å². The molecule has 0 saturated carbocycles. The van der Waals surface area contributed by atoms with Crippen LogP contribution in [-0.4, -0.2) is 61.5 Å². The van der Waals surface area contributed by atoms with E-state index < -0.39 is 5.97 Å². The van der Waals surface area contributed by atoms with Gasteiger partial charge in [0.05, 0.1) is 11.8 Å². The number of benzene rings is 1. The molecule has 0 spiro atoms. The van der Waals surface area contributed by atoms with Crippen molar-refractivity contribution in [2.45, 2.75) is 51.7 Å². The highest BCUT2D eigenvalue weighted by Crippen LogP contribution is 2.27. The first-order chi connectivity index (χ1) is 15.3. The molecule has 2 aliphatic rings. The number of esters is 1. The molecule has 0 radical (unpaired) electrons. The van der Waals surface area contributed by atoms with Gasteiger partial charge in [-0.1, -0.05) is 12.1 Å². The molecule has 1 amide bonds. The van der Waals surface area contributed by atoms with E-state index in [4.69, 9.17) is 20.6 Å². The summed E-state index contributed by atoms with van der Waals surface area (Å²) in [5.41, 5.74) is 5.98. The first kappa shape index (κ1) is 24.0. The maximum Gasteiger partial charge on any atom is 0.313 e. The van der Waals surface area contributed by atoms with Crippen LogP contribution in [0.4, 0.5) is 10.1 Å². The fraction of sp³-hybridized carbons (Fsp3) is 0.609. The third-order valence-corrected chi connectivity index (χ3v) is 6.19. The summed E-state index contributed by atoms with van der Waals surface area (Å²) in [4.78, 5) is 26.9. The van der Waals surface area contributed by atoms with Crippen LogP contribution in [0.2, 0.25) is 0 Å². The van der Waals surface area contributed by atoms with Crippen LogP contribution in [0.5, 0.6) is 0 Å². The number of amides is 1. The summed E-state index contributed by atoms with van der Waals surface area (Å²) in [7, 11) is 0. The number of hydrogen-bond donors (Lipinski definition) is 2. The molecule has 0 aliphatic carbocycles. The summed E-state index contributed by atoms with van der Waals surface area (Å²) in [5, 5.41) is 7.12. The van der Waals surface area contributed by atoms with Gasteiger partial charge in [0.1, 0.15) is 18.9 Å². The number of anilines is 1. The molecule has 0 unspecified atom stereocenters. The van der Waals surface area contributed by atoms with Crippen molar-refractivity contribution in [3.05, 3.63) is 29.6 Å². The molecule has 8 nitrogen and oxygen atoms in total. The van der Waals surface area contributed by atoms with Crippen LogP contribution in [-0.2, 0) is 25.7 Å². The summed E-state index contributed by atoms with van der Waals surface area (Å²) in [6.45, 7) is 5.14. The molecule has 0 aromatic heterocycles. The largest absolute Gasteiger partial charge is 0.460 e. The number of piperidine rings is 2. The quantitative estimate of drug-likeness (QED) is 0.359. The van der Waals surface area contributed by atoms with Gasteiger partial charge in [0, 0.05) is 45.3 Å². The van der Waals surface area contributed by atoms with Crippen LogP contribution in [0.15, 0.2) is 18.2 Å². The summed E-state index contributed by atoms with van der Waals surface area (Å²) >= 11 is 0. The molecule has 1 aromatic carbocycles. The second kappa shape index (κ2) is 11.3. The molecule has 32 heavy (non-hydrogen) atoms. The summed E-state index contributed by atoms with van der Waals surface area (Å²) in [6, 6.07) is 5.08. The number of hydrogen-bond acceptors (Lipinski definition) is 6. The first-order valence-corrected chi connectivity index (χ1v) is 11.2. The van der Waals surface area contributed by atoms with Crippen LogP contribution in [0.3, 0.4) is 0 Å². The second-order valence-corrected chi connectivity index (χ2v) is 8.58. The van der Waals surface area contributed by atoms with Crippen molar-refractivity contribution in [1.82, 2.24) is 4.90 Å². The first-order valence-electron chi connectivity index (χ1n) is 11.2. The van der Waals surface area contributed by atoms with E-state index in [1.807, 2.05) is 9.80 Å². The van der Waals surface area contributed by atoms with Crippen molar-refractivity contribution in [2.75, 3.05) is 37.7 Å². The van der Waals surface area contributed by atoms with Gasteiger partial charge in [0.25, 0.3) is 0 Å². The average Bonchev–Trinajstić information content (AvgIpc) is 2.77. The van der Waals surface area contributed by atoms with Crippen molar-refractivity contribution in [3.63, 3.8) is 0 Å². The van der Waals surface area contributed by atoms with E-state index in [2.05, 4.69) is 0 Å². The van der Waals surface area contributed by atoms with E-state index in [0.29, 0.717) is 36.9 Å². The SMILES string of the molecule is CC(=O)N1CCC(COC2CCN(c3cccc(COC(=O)CC(=N)N)c3F)CC2)CC1. The molecule has 3 rings (SSSR count). The lowest BCUT2D eigenvalue weighted by molar-refractivity contribution is -0.143. The Hall–Kier alpha value is -2.68. The highest BCUT2D eigenvalue weighted by molar-refractivity contribution is 5.94. The molecule has 2 fully saturated rings. The van der Waals surface area contributed by atoms with Crippen LogP contribution in [0, 0.1) is 17.1 Å². The predicted molar refractivity (Wildman–Crippen MR) is 119 cm³/mol. The van der Waals surface area contributed by atoms with E-state index >= 15 is 0 Å². The van der Waals surface area contributed by atoms with Gasteiger partial charge in [0.2, 0.25) is 5.91 Å². The Morgan fingerprint density at radius 3 is 2.47 bits per heavy atom. The zero-order valence-electron chi connectivity index (χ0n) is 18.6. The number of rotatable bonds is 8. The monoisotopic (exact) mass is 448 g/mol. The highest BCUT2D eigenvalue weighted by atomic mass is 19.1.